The molecule has 1 saturated heterocycles. The smallest absolute Gasteiger partial charge is 0.0494 e. The van der Waals surface area contributed by atoms with Crippen LogP contribution in [-0.2, 0) is 4.74 Å². The molecule has 0 N–H and O–H groups in total. The molecule has 0 aromatic heterocycles. The fourth-order valence-electron chi connectivity index (χ4n) is 1.97. The summed E-state index contributed by atoms with van der Waals surface area (Å²) in [7, 11) is 0. The van der Waals surface area contributed by atoms with Crippen LogP contribution in [0.15, 0.2) is 0 Å². The predicted molar refractivity (Wildman–Crippen MR) is 56.8 cm³/mol. The molecular formula is C12H24O. The zero-order valence-corrected chi connectivity index (χ0v) is 9.60. The van der Waals surface area contributed by atoms with Gasteiger partial charge in [0, 0.05) is 13.2 Å². The molecule has 1 aliphatic rings. The van der Waals surface area contributed by atoms with E-state index in [1.54, 1.807) is 0 Å². The van der Waals surface area contributed by atoms with E-state index in [0.29, 0.717) is 5.41 Å². The SMILES string of the molecule is CC1COCCC1CCC(C)(C)C. The molecule has 1 aliphatic heterocycles. The van der Waals surface area contributed by atoms with E-state index in [2.05, 4.69) is 27.7 Å². The molecule has 0 aromatic rings. The van der Waals surface area contributed by atoms with E-state index < -0.39 is 0 Å². The van der Waals surface area contributed by atoms with Crippen LogP contribution in [-0.4, -0.2) is 13.2 Å². The summed E-state index contributed by atoms with van der Waals surface area (Å²) in [5, 5.41) is 0. The highest BCUT2D eigenvalue weighted by molar-refractivity contribution is 4.73. The highest BCUT2D eigenvalue weighted by Gasteiger charge is 2.23. The van der Waals surface area contributed by atoms with E-state index in [4.69, 9.17) is 4.74 Å². The average Bonchev–Trinajstić information content (AvgIpc) is 2.01. The standard InChI is InChI=1S/C12H24O/c1-10-9-13-8-6-11(10)5-7-12(2,3)4/h10-11H,5-9H2,1-4H3. The van der Waals surface area contributed by atoms with Crippen molar-refractivity contribution in [2.75, 3.05) is 13.2 Å². The summed E-state index contributed by atoms with van der Waals surface area (Å²) in [4.78, 5) is 0. The van der Waals surface area contributed by atoms with E-state index in [1.165, 1.54) is 19.3 Å². The van der Waals surface area contributed by atoms with Crippen LogP contribution in [0.2, 0.25) is 0 Å². The molecule has 1 rings (SSSR count). The zero-order valence-electron chi connectivity index (χ0n) is 9.60. The van der Waals surface area contributed by atoms with Crippen LogP contribution in [0.5, 0.6) is 0 Å². The lowest BCUT2D eigenvalue weighted by Gasteiger charge is -2.31. The van der Waals surface area contributed by atoms with Crippen molar-refractivity contribution in [2.45, 2.75) is 47.0 Å². The largest absolute Gasteiger partial charge is 0.381 e. The van der Waals surface area contributed by atoms with Crippen LogP contribution < -0.4 is 0 Å². The molecule has 1 fully saturated rings. The van der Waals surface area contributed by atoms with Crippen molar-refractivity contribution in [3.63, 3.8) is 0 Å². The minimum Gasteiger partial charge on any atom is -0.381 e. The zero-order chi connectivity index (χ0) is 9.90. The van der Waals surface area contributed by atoms with Crippen LogP contribution in [0, 0.1) is 17.3 Å². The van der Waals surface area contributed by atoms with Crippen molar-refractivity contribution >= 4 is 0 Å². The van der Waals surface area contributed by atoms with Gasteiger partial charge in [-0.2, -0.15) is 0 Å². The molecule has 0 amide bonds. The summed E-state index contributed by atoms with van der Waals surface area (Å²) < 4.78 is 5.44. The van der Waals surface area contributed by atoms with Crippen LogP contribution in [0.4, 0.5) is 0 Å². The highest BCUT2D eigenvalue weighted by atomic mass is 16.5. The van der Waals surface area contributed by atoms with Gasteiger partial charge in [0.2, 0.25) is 0 Å². The Balaban J connectivity index is 2.27. The Bertz CT molecular complexity index is 146. The third kappa shape index (κ3) is 4.12. The Kier molecular flexibility index (Phi) is 3.78. The van der Waals surface area contributed by atoms with Crippen LogP contribution in [0.25, 0.3) is 0 Å². The Morgan fingerprint density at radius 3 is 2.54 bits per heavy atom. The van der Waals surface area contributed by atoms with E-state index in [-0.39, 0.29) is 0 Å². The lowest BCUT2D eigenvalue weighted by Crippen LogP contribution is -2.26. The van der Waals surface area contributed by atoms with Gasteiger partial charge in [-0.25, -0.2) is 0 Å². The topological polar surface area (TPSA) is 9.23 Å². The maximum absolute atomic E-state index is 5.44. The van der Waals surface area contributed by atoms with Crippen molar-refractivity contribution in [1.29, 1.82) is 0 Å². The summed E-state index contributed by atoms with van der Waals surface area (Å²) in [6.07, 6.45) is 4.01. The second kappa shape index (κ2) is 4.45. The summed E-state index contributed by atoms with van der Waals surface area (Å²) in [5.41, 5.74) is 0.498. The van der Waals surface area contributed by atoms with Crippen LogP contribution in [0.3, 0.4) is 0 Å². The molecule has 1 heterocycles. The van der Waals surface area contributed by atoms with Crippen molar-refractivity contribution < 1.29 is 4.74 Å². The molecule has 0 aliphatic carbocycles. The fourth-order valence-corrected chi connectivity index (χ4v) is 1.97. The van der Waals surface area contributed by atoms with E-state index in [9.17, 15) is 0 Å². The normalized spacial score (nSPS) is 30.5. The van der Waals surface area contributed by atoms with Crippen molar-refractivity contribution in [2.24, 2.45) is 17.3 Å². The molecule has 0 bridgehead atoms. The Morgan fingerprint density at radius 2 is 2.00 bits per heavy atom. The van der Waals surface area contributed by atoms with Gasteiger partial charge < -0.3 is 4.74 Å². The first-order valence-corrected chi connectivity index (χ1v) is 5.57. The molecule has 13 heavy (non-hydrogen) atoms. The number of ether oxygens (including phenoxy) is 1. The lowest BCUT2D eigenvalue weighted by molar-refractivity contribution is 0.0181. The second-order valence-electron chi connectivity index (χ2n) is 5.70. The van der Waals surface area contributed by atoms with E-state index >= 15 is 0 Å². The summed E-state index contributed by atoms with van der Waals surface area (Å²) in [5.74, 6) is 1.68. The molecule has 2 atom stereocenters. The van der Waals surface area contributed by atoms with Gasteiger partial charge in [-0.3, -0.25) is 0 Å². The molecule has 2 unspecified atom stereocenters. The number of hydrogen-bond acceptors (Lipinski definition) is 1. The van der Waals surface area contributed by atoms with Gasteiger partial charge in [-0.15, -0.1) is 0 Å². The third-order valence-corrected chi connectivity index (χ3v) is 3.08. The molecule has 0 radical (unpaired) electrons. The third-order valence-electron chi connectivity index (χ3n) is 3.08. The van der Waals surface area contributed by atoms with Gasteiger partial charge in [0.15, 0.2) is 0 Å². The van der Waals surface area contributed by atoms with Crippen molar-refractivity contribution in [1.82, 2.24) is 0 Å². The first-order valence-electron chi connectivity index (χ1n) is 5.57. The average molecular weight is 184 g/mol. The molecule has 1 nitrogen and oxygen atoms in total. The summed E-state index contributed by atoms with van der Waals surface area (Å²) in [6.45, 7) is 11.3. The molecule has 1 heteroatoms. The molecule has 0 saturated carbocycles. The van der Waals surface area contributed by atoms with Crippen LogP contribution in [0.1, 0.15) is 47.0 Å². The van der Waals surface area contributed by atoms with Crippen molar-refractivity contribution in [3.8, 4) is 0 Å². The van der Waals surface area contributed by atoms with Gasteiger partial charge in [0.25, 0.3) is 0 Å². The Labute approximate surface area is 82.9 Å². The first kappa shape index (κ1) is 11.0. The lowest BCUT2D eigenvalue weighted by atomic mass is 9.80. The molecule has 0 spiro atoms. The van der Waals surface area contributed by atoms with Gasteiger partial charge in [0.1, 0.15) is 0 Å². The maximum Gasteiger partial charge on any atom is 0.0494 e. The van der Waals surface area contributed by atoms with Crippen LogP contribution >= 0.6 is 0 Å². The van der Waals surface area contributed by atoms with E-state index in [0.717, 1.165) is 25.0 Å². The first-order chi connectivity index (χ1) is 5.99. The number of hydrogen-bond donors (Lipinski definition) is 0. The quantitative estimate of drug-likeness (QED) is 0.638. The molecule has 78 valence electrons. The van der Waals surface area contributed by atoms with Crippen molar-refractivity contribution in [3.05, 3.63) is 0 Å². The summed E-state index contributed by atoms with van der Waals surface area (Å²) >= 11 is 0. The fraction of sp³-hybridized carbons (Fsp3) is 1.00. The van der Waals surface area contributed by atoms with Gasteiger partial charge in [-0.1, -0.05) is 27.7 Å². The van der Waals surface area contributed by atoms with Gasteiger partial charge >= 0.3 is 0 Å². The monoisotopic (exact) mass is 184 g/mol. The minimum atomic E-state index is 0.498. The Morgan fingerprint density at radius 1 is 1.31 bits per heavy atom. The molecular weight excluding hydrogens is 160 g/mol. The predicted octanol–water partition coefficient (Wildman–Crippen LogP) is 3.49. The highest BCUT2D eigenvalue weighted by Crippen LogP contribution is 2.30. The van der Waals surface area contributed by atoms with E-state index in [1.807, 2.05) is 0 Å². The molecule has 0 aromatic carbocycles. The van der Waals surface area contributed by atoms with Gasteiger partial charge in [-0.05, 0) is 36.5 Å². The minimum absolute atomic E-state index is 0.498. The second-order valence-corrected chi connectivity index (χ2v) is 5.70. The van der Waals surface area contributed by atoms with Gasteiger partial charge in [0.05, 0.1) is 0 Å². The summed E-state index contributed by atoms with van der Waals surface area (Å²) in [6, 6.07) is 0. The number of rotatable bonds is 2. The maximum atomic E-state index is 5.44. The Hall–Kier alpha value is -0.0400.